The van der Waals surface area contributed by atoms with E-state index >= 15 is 0 Å². The summed E-state index contributed by atoms with van der Waals surface area (Å²) in [5.41, 5.74) is 4.33. The molecule has 0 N–H and O–H groups in total. The van der Waals surface area contributed by atoms with E-state index in [4.69, 9.17) is 4.42 Å². The van der Waals surface area contributed by atoms with Crippen LogP contribution in [0.2, 0.25) is 0 Å². The van der Waals surface area contributed by atoms with E-state index in [1.165, 1.54) is 74.7 Å². The van der Waals surface area contributed by atoms with Crippen molar-refractivity contribution >= 4 is 87.7 Å². The fourth-order valence-electron chi connectivity index (χ4n) is 6.23. The summed E-state index contributed by atoms with van der Waals surface area (Å²) in [5, 5.41) is 16.7. The molecule has 0 atom stereocenters. The Labute approximate surface area is 232 Å². The van der Waals surface area contributed by atoms with Crippen LogP contribution in [0.5, 0.6) is 0 Å². The number of benzene rings is 6. The van der Waals surface area contributed by atoms with Crippen molar-refractivity contribution in [2.24, 2.45) is 0 Å². The van der Waals surface area contributed by atoms with E-state index in [0.717, 1.165) is 11.2 Å². The molecule has 39 heavy (non-hydrogen) atoms. The number of hydrogen-bond acceptors (Lipinski definition) is 3. The van der Waals surface area contributed by atoms with Crippen LogP contribution in [0.1, 0.15) is 0 Å². The van der Waals surface area contributed by atoms with Gasteiger partial charge in [0.25, 0.3) is 0 Å². The highest BCUT2D eigenvalue weighted by Gasteiger charge is 2.20. The third-order valence-corrected chi connectivity index (χ3v) is 9.78. The third-order valence-electron chi connectivity index (χ3n) is 7.98. The van der Waals surface area contributed by atoms with E-state index in [1.807, 2.05) is 0 Å². The molecule has 0 saturated carbocycles. The number of furan rings is 1. The zero-order valence-corrected chi connectivity index (χ0v) is 22.4. The minimum absolute atomic E-state index is 0.939. The second-order valence-corrected chi connectivity index (χ2v) is 12.0. The molecule has 0 radical (unpaired) electrons. The van der Waals surface area contributed by atoms with Crippen molar-refractivity contribution in [1.29, 1.82) is 0 Å². The predicted octanol–water partition coefficient (Wildman–Crippen LogP) is 11.7. The minimum Gasteiger partial charge on any atom is -0.456 e. The first-order chi connectivity index (χ1) is 19.3. The van der Waals surface area contributed by atoms with Gasteiger partial charge in [0.1, 0.15) is 11.2 Å². The molecule has 0 saturated heterocycles. The Morgan fingerprint density at radius 1 is 0.410 bits per heavy atom. The van der Waals surface area contributed by atoms with Gasteiger partial charge in [-0.2, -0.15) is 0 Å². The highest BCUT2D eigenvalue weighted by Crippen LogP contribution is 2.47. The van der Waals surface area contributed by atoms with Crippen LogP contribution in [-0.2, 0) is 0 Å². The molecule has 9 rings (SSSR count). The summed E-state index contributed by atoms with van der Waals surface area (Å²) in [7, 11) is 0. The number of hydrogen-bond donors (Lipinski definition) is 0. The van der Waals surface area contributed by atoms with Crippen LogP contribution in [0.3, 0.4) is 0 Å². The molecule has 0 bridgehead atoms. The highest BCUT2D eigenvalue weighted by molar-refractivity contribution is 7.14. The molecule has 1 nitrogen and oxygen atoms in total. The van der Waals surface area contributed by atoms with E-state index in [2.05, 4.69) is 120 Å². The topological polar surface area (TPSA) is 13.1 Å². The molecule has 0 fully saturated rings. The third kappa shape index (κ3) is 3.12. The van der Waals surface area contributed by atoms with Crippen LogP contribution >= 0.6 is 22.7 Å². The van der Waals surface area contributed by atoms with Crippen LogP contribution < -0.4 is 0 Å². The Morgan fingerprint density at radius 2 is 0.821 bits per heavy atom. The van der Waals surface area contributed by atoms with Crippen LogP contribution in [0, 0.1) is 0 Å². The van der Waals surface area contributed by atoms with Crippen LogP contribution in [-0.4, -0.2) is 0 Å². The molecule has 0 aliphatic rings. The fourth-order valence-corrected chi connectivity index (χ4v) is 7.75. The quantitative estimate of drug-likeness (QED) is 0.202. The molecule has 0 unspecified atom stereocenters. The van der Waals surface area contributed by atoms with Gasteiger partial charge >= 0.3 is 0 Å². The van der Waals surface area contributed by atoms with Crippen molar-refractivity contribution in [3.63, 3.8) is 0 Å². The molecule has 0 aliphatic carbocycles. The minimum atomic E-state index is 0.939. The highest BCUT2D eigenvalue weighted by atomic mass is 32.1. The number of fused-ring (bicyclic) bond motifs is 9. The van der Waals surface area contributed by atoms with E-state index in [-0.39, 0.29) is 0 Å². The molecule has 0 aliphatic heterocycles. The van der Waals surface area contributed by atoms with Gasteiger partial charge in [-0.1, -0.05) is 60.7 Å². The summed E-state index contributed by atoms with van der Waals surface area (Å²) in [6, 6.07) is 39.9. The molecular weight excluding hydrogens is 513 g/mol. The molecule has 3 aromatic heterocycles. The zero-order chi connectivity index (χ0) is 25.5. The average molecular weight is 533 g/mol. The smallest absolute Gasteiger partial charge is 0.136 e. The van der Waals surface area contributed by atoms with E-state index in [1.54, 1.807) is 22.7 Å². The van der Waals surface area contributed by atoms with Crippen molar-refractivity contribution < 1.29 is 4.42 Å². The molecule has 182 valence electrons. The van der Waals surface area contributed by atoms with E-state index in [0.29, 0.717) is 0 Å². The van der Waals surface area contributed by atoms with Gasteiger partial charge < -0.3 is 4.42 Å². The predicted molar refractivity (Wildman–Crippen MR) is 170 cm³/mol. The van der Waals surface area contributed by atoms with Crippen LogP contribution in [0.25, 0.3) is 85.9 Å². The van der Waals surface area contributed by atoms with Gasteiger partial charge in [0.05, 0.1) is 0 Å². The SMILES string of the molecule is c1csc(-c2cc3oc4cc(-c5cccs5)c5cc6ccccc6cc5c4c3c3cc4ccccc4cc23)c1. The van der Waals surface area contributed by atoms with Crippen molar-refractivity contribution in [3.05, 3.63) is 120 Å². The first kappa shape index (κ1) is 21.5. The molecule has 6 aromatic carbocycles. The average Bonchev–Trinajstić information content (AvgIpc) is 3.75. The second-order valence-electron chi connectivity index (χ2n) is 10.1. The monoisotopic (exact) mass is 532 g/mol. The fraction of sp³-hybridized carbons (Fsp3) is 0. The maximum Gasteiger partial charge on any atom is 0.136 e. The number of rotatable bonds is 2. The zero-order valence-electron chi connectivity index (χ0n) is 20.8. The van der Waals surface area contributed by atoms with Crippen LogP contribution in [0.4, 0.5) is 0 Å². The van der Waals surface area contributed by atoms with Crippen molar-refractivity contribution in [2.75, 3.05) is 0 Å². The summed E-state index contributed by atoms with van der Waals surface area (Å²) >= 11 is 3.55. The summed E-state index contributed by atoms with van der Waals surface area (Å²) in [6.07, 6.45) is 0. The van der Waals surface area contributed by atoms with Gasteiger partial charge in [-0.25, -0.2) is 0 Å². The number of thiophene rings is 2. The lowest BCUT2D eigenvalue weighted by atomic mass is 9.91. The van der Waals surface area contributed by atoms with Gasteiger partial charge in [-0.15, -0.1) is 22.7 Å². The summed E-state index contributed by atoms with van der Waals surface area (Å²) in [5.74, 6) is 0. The first-order valence-corrected chi connectivity index (χ1v) is 14.8. The summed E-state index contributed by atoms with van der Waals surface area (Å²) in [4.78, 5) is 2.51. The van der Waals surface area contributed by atoms with Crippen LogP contribution in [0.15, 0.2) is 124 Å². The Hall–Kier alpha value is -4.44. The Morgan fingerprint density at radius 3 is 1.21 bits per heavy atom. The second kappa shape index (κ2) is 8.03. The molecular formula is C36H20OS2. The maximum atomic E-state index is 6.78. The lowest BCUT2D eigenvalue weighted by Crippen LogP contribution is -1.85. The molecule has 9 aromatic rings. The van der Waals surface area contributed by atoms with Gasteiger partial charge in [-0.3, -0.25) is 0 Å². The molecule has 0 spiro atoms. The lowest BCUT2D eigenvalue weighted by Gasteiger charge is -2.11. The summed E-state index contributed by atoms with van der Waals surface area (Å²) < 4.78 is 6.78. The maximum absolute atomic E-state index is 6.78. The Kier molecular flexibility index (Phi) is 4.43. The molecule has 0 amide bonds. The van der Waals surface area contributed by atoms with Crippen molar-refractivity contribution in [1.82, 2.24) is 0 Å². The van der Waals surface area contributed by atoms with E-state index < -0.39 is 0 Å². The molecule has 3 heterocycles. The Bertz CT molecular complexity index is 2200. The van der Waals surface area contributed by atoms with Gasteiger partial charge in [-0.05, 0) is 102 Å². The van der Waals surface area contributed by atoms with E-state index in [9.17, 15) is 0 Å². The normalized spacial score (nSPS) is 12.1. The van der Waals surface area contributed by atoms with Gasteiger partial charge in [0, 0.05) is 31.7 Å². The lowest BCUT2D eigenvalue weighted by molar-refractivity contribution is 0.670. The first-order valence-electron chi connectivity index (χ1n) is 13.1. The van der Waals surface area contributed by atoms with Gasteiger partial charge in [0.2, 0.25) is 0 Å². The Balaban J connectivity index is 1.54. The summed E-state index contributed by atoms with van der Waals surface area (Å²) in [6.45, 7) is 0. The van der Waals surface area contributed by atoms with Crippen molar-refractivity contribution in [3.8, 4) is 20.9 Å². The largest absolute Gasteiger partial charge is 0.456 e. The molecule has 3 heteroatoms. The van der Waals surface area contributed by atoms with Crippen molar-refractivity contribution in [2.45, 2.75) is 0 Å². The standard InChI is InChI=1S/C36H20OS2/c1-3-9-23-17-29-25(15-21(23)7-1)27(33-11-5-13-38-33)19-31-35(29)36-30-18-24-10-4-2-8-22(24)16-26(30)28(20-32(36)37-31)34-12-6-14-39-34/h1-20H. The van der Waals surface area contributed by atoms with Gasteiger partial charge in [0.15, 0.2) is 0 Å².